The highest BCUT2D eigenvalue weighted by Gasteiger charge is 2.20. The van der Waals surface area contributed by atoms with Crippen LogP contribution in [0, 0.1) is 17.1 Å². The lowest BCUT2D eigenvalue weighted by Gasteiger charge is -2.14. The molecule has 2 aromatic carbocycles. The Bertz CT molecular complexity index is 1730. The topological polar surface area (TPSA) is 123 Å². The van der Waals surface area contributed by atoms with Crippen molar-refractivity contribution in [2.45, 2.75) is 4.90 Å². The number of rotatable bonds is 7. The molecule has 0 radical (unpaired) electrons. The highest BCUT2D eigenvalue weighted by molar-refractivity contribution is 7.93. The van der Waals surface area contributed by atoms with Crippen molar-refractivity contribution in [3.8, 4) is 40.1 Å². The fourth-order valence-corrected chi connectivity index (χ4v) is 5.37. The van der Waals surface area contributed by atoms with Gasteiger partial charge in [-0.15, -0.1) is 11.3 Å². The number of nitriles is 1. The quantitative estimate of drug-likeness (QED) is 0.305. The van der Waals surface area contributed by atoms with Crippen LogP contribution in [0.15, 0.2) is 83.5 Å². The molecule has 0 aliphatic carbocycles. The molecular weight excluding hydrogens is 515 g/mol. The number of pyridine rings is 1. The third-order valence-corrected chi connectivity index (χ3v) is 7.51. The highest BCUT2D eigenvalue weighted by Crippen LogP contribution is 2.37. The maximum atomic E-state index is 13.4. The molecule has 3 heterocycles. The number of nitrogens with zero attached hydrogens (tertiary/aromatic N) is 5. The minimum Gasteiger partial charge on any atom is -0.454 e. The largest absolute Gasteiger partial charge is 0.454 e. The molecule has 0 aliphatic rings. The molecule has 1 N–H and O–H groups in total. The second-order valence-corrected chi connectivity index (χ2v) is 10.3. The molecule has 5 rings (SSSR count). The Morgan fingerprint density at radius 2 is 1.86 bits per heavy atom. The van der Waals surface area contributed by atoms with Crippen LogP contribution in [0.3, 0.4) is 0 Å². The SMILES string of the molecule is Cn1nccc1-c1cc(-c2ccc(F)cc2)ncc1Oc1ccc(S(=O)(=O)Nc2nccs2)cc1C#N. The minimum absolute atomic E-state index is 0.0144. The summed E-state index contributed by atoms with van der Waals surface area (Å²) in [6.07, 6.45) is 4.61. The van der Waals surface area contributed by atoms with Crippen LogP contribution in [0.2, 0.25) is 0 Å². The van der Waals surface area contributed by atoms with Gasteiger partial charge >= 0.3 is 0 Å². The van der Waals surface area contributed by atoms with Gasteiger partial charge in [-0.05, 0) is 54.6 Å². The number of nitrogens with one attached hydrogen (secondary N) is 1. The first kappa shape index (κ1) is 24.1. The first-order valence-electron chi connectivity index (χ1n) is 10.7. The summed E-state index contributed by atoms with van der Waals surface area (Å²) in [5, 5.41) is 15.8. The first-order valence-corrected chi connectivity index (χ1v) is 13.1. The Kier molecular flexibility index (Phi) is 6.39. The smallest absolute Gasteiger partial charge is 0.263 e. The van der Waals surface area contributed by atoms with Crippen molar-refractivity contribution in [1.82, 2.24) is 19.7 Å². The van der Waals surface area contributed by atoms with Gasteiger partial charge < -0.3 is 4.74 Å². The standard InChI is InChI=1S/C25H17FN6O3S2/c1-32-22(8-9-30-32)20-13-21(16-2-4-18(26)5-3-16)29-15-24(20)35-23-7-6-19(12-17(23)14-27)37(33,34)31-25-28-10-11-36-25/h2-13,15H,1H3,(H,28,31). The highest BCUT2D eigenvalue weighted by atomic mass is 32.2. The van der Waals surface area contributed by atoms with Gasteiger partial charge in [0, 0.05) is 35.9 Å². The van der Waals surface area contributed by atoms with Gasteiger partial charge in [0.05, 0.1) is 28.0 Å². The normalized spacial score (nSPS) is 11.2. The van der Waals surface area contributed by atoms with E-state index in [0.29, 0.717) is 28.3 Å². The fraction of sp³-hybridized carbons (Fsp3) is 0.0400. The number of halogens is 1. The van der Waals surface area contributed by atoms with Crippen LogP contribution in [-0.4, -0.2) is 28.2 Å². The molecule has 184 valence electrons. The zero-order valence-electron chi connectivity index (χ0n) is 19.2. The van der Waals surface area contributed by atoms with Gasteiger partial charge in [-0.2, -0.15) is 10.4 Å². The van der Waals surface area contributed by atoms with E-state index in [2.05, 4.69) is 19.8 Å². The molecule has 3 aromatic heterocycles. The number of aromatic nitrogens is 4. The Balaban J connectivity index is 1.52. The van der Waals surface area contributed by atoms with E-state index in [1.807, 2.05) is 6.07 Å². The molecule has 0 amide bonds. The summed E-state index contributed by atoms with van der Waals surface area (Å²) in [6.45, 7) is 0. The molecule has 0 bridgehead atoms. The number of aryl methyl sites for hydroxylation is 1. The number of ether oxygens (including phenoxy) is 1. The molecule has 0 spiro atoms. The number of sulfonamides is 1. The van der Waals surface area contributed by atoms with Crippen LogP contribution in [0.25, 0.3) is 22.5 Å². The number of thiazole rings is 1. The molecule has 5 aromatic rings. The zero-order valence-corrected chi connectivity index (χ0v) is 20.8. The van der Waals surface area contributed by atoms with Crippen molar-refractivity contribution >= 4 is 26.5 Å². The molecule has 0 atom stereocenters. The van der Waals surface area contributed by atoms with Gasteiger partial charge in [0.1, 0.15) is 17.6 Å². The number of hydrogen-bond acceptors (Lipinski definition) is 8. The van der Waals surface area contributed by atoms with Crippen molar-refractivity contribution in [3.63, 3.8) is 0 Å². The van der Waals surface area contributed by atoms with E-state index in [1.54, 1.807) is 47.6 Å². The lowest BCUT2D eigenvalue weighted by molar-refractivity contribution is 0.479. The Morgan fingerprint density at radius 1 is 1.05 bits per heavy atom. The van der Waals surface area contributed by atoms with Crippen molar-refractivity contribution < 1.29 is 17.5 Å². The molecule has 0 fully saturated rings. The predicted molar refractivity (Wildman–Crippen MR) is 136 cm³/mol. The van der Waals surface area contributed by atoms with Crippen LogP contribution in [-0.2, 0) is 17.1 Å². The molecular formula is C25H17FN6O3S2. The van der Waals surface area contributed by atoms with E-state index in [1.165, 1.54) is 42.7 Å². The maximum absolute atomic E-state index is 13.4. The molecule has 12 heteroatoms. The molecule has 37 heavy (non-hydrogen) atoms. The first-order chi connectivity index (χ1) is 17.8. The summed E-state index contributed by atoms with van der Waals surface area (Å²) < 4.78 is 49.0. The summed E-state index contributed by atoms with van der Waals surface area (Å²) >= 11 is 1.14. The van der Waals surface area contributed by atoms with E-state index >= 15 is 0 Å². The average molecular weight is 533 g/mol. The second-order valence-electron chi connectivity index (χ2n) is 7.73. The summed E-state index contributed by atoms with van der Waals surface area (Å²) in [5.74, 6) is 0.116. The van der Waals surface area contributed by atoms with Crippen LogP contribution < -0.4 is 9.46 Å². The Hall–Kier alpha value is -4.60. The Labute approximate surface area is 215 Å². The Morgan fingerprint density at radius 3 is 2.54 bits per heavy atom. The van der Waals surface area contributed by atoms with Gasteiger partial charge in [-0.25, -0.2) is 17.8 Å². The van der Waals surface area contributed by atoms with Crippen LogP contribution in [0.1, 0.15) is 5.56 Å². The molecule has 9 nitrogen and oxygen atoms in total. The van der Waals surface area contributed by atoms with Crippen molar-refractivity contribution in [2.75, 3.05) is 4.72 Å². The van der Waals surface area contributed by atoms with E-state index in [-0.39, 0.29) is 27.2 Å². The third-order valence-electron chi connectivity index (χ3n) is 5.36. The van der Waals surface area contributed by atoms with Crippen molar-refractivity contribution in [1.29, 1.82) is 5.26 Å². The molecule has 0 unspecified atom stereocenters. The lowest BCUT2D eigenvalue weighted by atomic mass is 10.1. The lowest BCUT2D eigenvalue weighted by Crippen LogP contribution is -2.13. The third kappa shape index (κ3) is 5.04. The van der Waals surface area contributed by atoms with Gasteiger partial charge in [0.15, 0.2) is 10.9 Å². The van der Waals surface area contributed by atoms with Gasteiger partial charge in [-0.3, -0.25) is 14.4 Å². The summed E-state index contributed by atoms with van der Waals surface area (Å²) in [7, 11) is -2.18. The minimum atomic E-state index is -3.95. The summed E-state index contributed by atoms with van der Waals surface area (Å²) in [5.41, 5.74) is 2.64. The van der Waals surface area contributed by atoms with Gasteiger partial charge in [0.2, 0.25) is 0 Å². The molecule has 0 saturated heterocycles. The van der Waals surface area contributed by atoms with Crippen LogP contribution >= 0.6 is 11.3 Å². The molecule has 0 saturated carbocycles. The van der Waals surface area contributed by atoms with Crippen LogP contribution in [0.5, 0.6) is 11.5 Å². The van der Waals surface area contributed by atoms with Gasteiger partial charge in [-0.1, -0.05) is 0 Å². The fourth-order valence-electron chi connectivity index (χ4n) is 3.56. The second kappa shape index (κ2) is 9.81. The van der Waals surface area contributed by atoms with E-state index < -0.39 is 10.0 Å². The maximum Gasteiger partial charge on any atom is 0.263 e. The van der Waals surface area contributed by atoms with E-state index in [9.17, 15) is 18.1 Å². The number of hydrogen-bond donors (Lipinski definition) is 1. The van der Waals surface area contributed by atoms with E-state index in [0.717, 1.165) is 11.3 Å². The van der Waals surface area contributed by atoms with E-state index in [4.69, 9.17) is 4.74 Å². The number of benzene rings is 2. The predicted octanol–water partition coefficient (Wildman–Crippen LogP) is 5.21. The molecule has 0 aliphatic heterocycles. The van der Waals surface area contributed by atoms with Crippen molar-refractivity contribution in [3.05, 3.63) is 89.9 Å². The zero-order chi connectivity index (χ0) is 26.0. The monoisotopic (exact) mass is 532 g/mol. The van der Waals surface area contributed by atoms with Gasteiger partial charge in [0.25, 0.3) is 10.0 Å². The average Bonchev–Trinajstić information content (AvgIpc) is 3.56. The number of anilines is 1. The van der Waals surface area contributed by atoms with Crippen molar-refractivity contribution in [2.24, 2.45) is 7.05 Å². The summed E-state index contributed by atoms with van der Waals surface area (Å²) in [6, 6.07) is 15.5. The summed E-state index contributed by atoms with van der Waals surface area (Å²) in [4.78, 5) is 8.27. The van der Waals surface area contributed by atoms with Crippen LogP contribution in [0.4, 0.5) is 9.52 Å².